The van der Waals surface area contributed by atoms with E-state index in [1.807, 2.05) is 44.2 Å². The maximum Gasteiger partial charge on any atom is 0.295 e. The number of hydrogen-bond acceptors (Lipinski definition) is 2. The van der Waals surface area contributed by atoms with Crippen molar-refractivity contribution in [2.75, 3.05) is 0 Å². The fourth-order valence-electron chi connectivity index (χ4n) is 2.47. The summed E-state index contributed by atoms with van der Waals surface area (Å²) in [6.07, 6.45) is 0.484. The van der Waals surface area contributed by atoms with E-state index in [1.54, 1.807) is 13.0 Å². The van der Waals surface area contributed by atoms with E-state index in [2.05, 4.69) is 0 Å². The smallest absolute Gasteiger partial charge is 0.282 e. The second-order valence-corrected chi connectivity index (χ2v) is 6.57. The summed E-state index contributed by atoms with van der Waals surface area (Å²) in [4.78, 5) is 0.0312. The first-order valence-electron chi connectivity index (χ1n) is 6.40. The first-order chi connectivity index (χ1) is 9.27. The zero-order chi connectivity index (χ0) is 14.9. The van der Waals surface area contributed by atoms with Crippen molar-refractivity contribution in [1.82, 2.24) is 0 Å². The van der Waals surface area contributed by atoms with Gasteiger partial charge in [0.05, 0.1) is 0 Å². The molecule has 0 aromatic heterocycles. The lowest BCUT2D eigenvalue weighted by Crippen LogP contribution is -2.07. The minimum absolute atomic E-state index is 0.0312. The lowest BCUT2D eigenvalue weighted by Gasteiger charge is -2.12. The van der Waals surface area contributed by atoms with Crippen molar-refractivity contribution in [2.24, 2.45) is 0 Å². The van der Waals surface area contributed by atoms with Crippen LogP contribution in [0.25, 0.3) is 0 Å². The van der Waals surface area contributed by atoms with Gasteiger partial charge in [-0.3, -0.25) is 4.55 Å². The Labute approximate surface area is 120 Å². The lowest BCUT2D eigenvalue weighted by molar-refractivity contribution is 0.481. The van der Waals surface area contributed by atoms with E-state index in [0.717, 1.165) is 16.7 Å². The monoisotopic (exact) mass is 290 g/mol. The molecule has 4 heteroatoms. The minimum atomic E-state index is -4.21. The third-order valence-corrected chi connectivity index (χ3v) is 4.37. The highest BCUT2D eigenvalue weighted by Crippen LogP contribution is 2.24. The first kappa shape index (κ1) is 14.8. The fourth-order valence-corrected chi connectivity index (χ4v) is 3.40. The quantitative estimate of drug-likeness (QED) is 0.881. The molecule has 106 valence electrons. The Kier molecular flexibility index (Phi) is 3.97. The number of aryl methyl sites for hydroxylation is 3. The molecule has 0 fully saturated rings. The van der Waals surface area contributed by atoms with Gasteiger partial charge in [0.2, 0.25) is 0 Å². The zero-order valence-electron chi connectivity index (χ0n) is 11.8. The van der Waals surface area contributed by atoms with Crippen molar-refractivity contribution in [3.8, 4) is 0 Å². The van der Waals surface area contributed by atoms with Gasteiger partial charge >= 0.3 is 0 Å². The summed E-state index contributed by atoms with van der Waals surface area (Å²) in [7, 11) is -4.21. The van der Waals surface area contributed by atoms with Crippen LogP contribution in [0.2, 0.25) is 0 Å². The van der Waals surface area contributed by atoms with Crippen LogP contribution in [0.4, 0.5) is 0 Å². The molecule has 2 aromatic rings. The maximum absolute atomic E-state index is 11.6. The predicted molar refractivity (Wildman–Crippen MR) is 79.7 cm³/mol. The molecule has 0 atom stereocenters. The van der Waals surface area contributed by atoms with E-state index >= 15 is 0 Å². The first-order valence-corrected chi connectivity index (χ1v) is 7.84. The number of benzene rings is 2. The standard InChI is InChI=1S/C16H18O3S/c1-11-4-6-14(7-5-11)10-15-9-12(2)8-13(3)16(15)20(17,18)19/h4-9H,10H2,1-3H3,(H,17,18,19). The SMILES string of the molecule is Cc1ccc(Cc2cc(C)cc(C)c2S(=O)(=O)O)cc1. The van der Waals surface area contributed by atoms with Gasteiger partial charge in [0.1, 0.15) is 4.90 Å². The van der Waals surface area contributed by atoms with Crippen LogP contribution >= 0.6 is 0 Å². The van der Waals surface area contributed by atoms with Gasteiger partial charge in [0.15, 0.2) is 0 Å². The summed E-state index contributed by atoms with van der Waals surface area (Å²) in [5.74, 6) is 0. The van der Waals surface area contributed by atoms with E-state index < -0.39 is 10.1 Å². The van der Waals surface area contributed by atoms with E-state index in [-0.39, 0.29) is 4.90 Å². The summed E-state index contributed by atoms with van der Waals surface area (Å²) in [6.45, 7) is 5.62. The largest absolute Gasteiger partial charge is 0.295 e. The van der Waals surface area contributed by atoms with Crippen LogP contribution in [-0.4, -0.2) is 13.0 Å². The van der Waals surface area contributed by atoms with E-state index in [9.17, 15) is 13.0 Å². The third-order valence-electron chi connectivity index (χ3n) is 3.27. The topological polar surface area (TPSA) is 54.4 Å². The molecule has 0 heterocycles. The molecule has 2 rings (SSSR count). The van der Waals surface area contributed by atoms with Gasteiger partial charge in [-0.1, -0.05) is 47.5 Å². The van der Waals surface area contributed by atoms with Crippen LogP contribution in [0, 0.1) is 20.8 Å². The Morgan fingerprint density at radius 1 is 0.950 bits per heavy atom. The molecule has 1 N–H and O–H groups in total. The van der Waals surface area contributed by atoms with Gasteiger partial charge in [0, 0.05) is 0 Å². The molecule has 2 aromatic carbocycles. The molecular formula is C16H18O3S. The maximum atomic E-state index is 11.6. The fraction of sp³-hybridized carbons (Fsp3) is 0.250. The molecule has 0 saturated carbocycles. The average molecular weight is 290 g/mol. The van der Waals surface area contributed by atoms with Crippen molar-refractivity contribution in [3.05, 3.63) is 64.2 Å². The average Bonchev–Trinajstić information content (AvgIpc) is 2.29. The van der Waals surface area contributed by atoms with E-state index in [1.165, 1.54) is 0 Å². The van der Waals surface area contributed by atoms with Crippen LogP contribution < -0.4 is 0 Å². The Morgan fingerprint density at radius 2 is 1.55 bits per heavy atom. The summed E-state index contributed by atoms with van der Waals surface area (Å²) >= 11 is 0. The van der Waals surface area contributed by atoms with Crippen molar-refractivity contribution >= 4 is 10.1 Å². The predicted octanol–water partition coefficient (Wildman–Crippen LogP) is 3.45. The Hall–Kier alpha value is -1.65. The molecule has 20 heavy (non-hydrogen) atoms. The normalized spacial score (nSPS) is 11.6. The van der Waals surface area contributed by atoms with Gasteiger partial charge in [-0.2, -0.15) is 8.42 Å². The third kappa shape index (κ3) is 3.26. The molecular weight excluding hydrogens is 272 g/mol. The molecule has 0 bridgehead atoms. The molecule has 3 nitrogen and oxygen atoms in total. The zero-order valence-corrected chi connectivity index (χ0v) is 12.7. The second kappa shape index (κ2) is 5.38. The highest BCUT2D eigenvalue weighted by Gasteiger charge is 2.19. The van der Waals surface area contributed by atoms with Gasteiger partial charge in [-0.15, -0.1) is 0 Å². The Balaban J connectivity index is 2.53. The summed E-state index contributed by atoms with van der Waals surface area (Å²) in [6, 6.07) is 11.5. The van der Waals surface area contributed by atoms with Crippen molar-refractivity contribution in [1.29, 1.82) is 0 Å². The molecule has 0 amide bonds. The van der Waals surface area contributed by atoms with Gasteiger partial charge in [-0.05, 0) is 43.9 Å². The van der Waals surface area contributed by atoms with Crippen LogP contribution in [0.5, 0.6) is 0 Å². The number of rotatable bonds is 3. The number of hydrogen-bond donors (Lipinski definition) is 1. The van der Waals surface area contributed by atoms with Crippen LogP contribution in [0.1, 0.15) is 27.8 Å². The molecule has 0 saturated heterocycles. The van der Waals surface area contributed by atoms with Crippen LogP contribution in [-0.2, 0) is 16.5 Å². The molecule has 0 unspecified atom stereocenters. The Morgan fingerprint density at radius 3 is 2.10 bits per heavy atom. The molecule has 0 radical (unpaired) electrons. The molecule has 0 aliphatic carbocycles. The highest BCUT2D eigenvalue weighted by atomic mass is 32.2. The van der Waals surface area contributed by atoms with E-state index in [0.29, 0.717) is 17.5 Å². The summed E-state index contributed by atoms with van der Waals surface area (Å²) < 4.78 is 32.6. The second-order valence-electron chi connectivity index (χ2n) is 5.21. The Bertz CT molecular complexity index is 729. The van der Waals surface area contributed by atoms with Crippen molar-refractivity contribution < 1.29 is 13.0 Å². The minimum Gasteiger partial charge on any atom is -0.282 e. The van der Waals surface area contributed by atoms with Gasteiger partial charge in [-0.25, -0.2) is 0 Å². The van der Waals surface area contributed by atoms with Crippen LogP contribution in [0.3, 0.4) is 0 Å². The van der Waals surface area contributed by atoms with E-state index in [4.69, 9.17) is 0 Å². The van der Waals surface area contributed by atoms with Gasteiger partial charge < -0.3 is 0 Å². The lowest BCUT2D eigenvalue weighted by atomic mass is 10.00. The van der Waals surface area contributed by atoms with Crippen molar-refractivity contribution in [3.63, 3.8) is 0 Å². The van der Waals surface area contributed by atoms with Crippen LogP contribution in [0.15, 0.2) is 41.3 Å². The van der Waals surface area contributed by atoms with Gasteiger partial charge in [0.25, 0.3) is 10.1 Å². The summed E-state index contributed by atoms with van der Waals surface area (Å²) in [5, 5.41) is 0. The van der Waals surface area contributed by atoms with Crippen molar-refractivity contribution in [2.45, 2.75) is 32.1 Å². The molecule has 0 aliphatic heterocycles. The molecule has 0 aliphatic rings. The summed E-state index contributed by atoms with van der Waals surface area (Å²) in [5.41, 5.74) is 4.37. The highest BCUT2D eigenvalue weighted by molar-refractivity contribution is 7.86. The molecule has 0 spiro atoms.